The summed E-state index contributed by atoms with van der Waals surface area (Å²) in [6, 6.07) is 31.1. The van der Waals surface area contributed by atoms with Crippen molar-refractivity contribution >= 4 is 21.5 Å². The Balaban J connectivity index is 1.22. The second-order valence-electron chi connectivity index (χ2n) is 14.8. The highest BCUT2D eigenvalue weighted by Crippen LogP contribution is 2.36. The van der Waals surface area contributed by atoms with Gasteiger partial charge in [0.1, 0.15) is 36.6 Å². The van der Waals surface area contributed by atoms with Crippen LogP contribution in [0.25, 0.3) is 21.5 Å². The highest BCUT2D eigenvalue weighted by atomic mass is 16.5. The van der Waals surface area contributed by atoms with Gasteiger partial charge in [0.05, 0.1) is 19.5 Å². The van der Waals surface area contributed by atoms with Crippen molar-refractivity contribution in [2.75, 3.05) is 26.4 Å². The van der Waals surface area contributed by atoms with Gasteiger partial charge in [0, 0.05) is 11.3 Å². The summed E-state index contributed by atoms with van der Waals surface area (Å²) in [4.78, 5) is 0. The van der Waals surface area contributed by atoms with E-state index in [9.17, 15) is 5.11 Å². The minimum atomic E-state index is -0.808. The highest BCUT2D eigenvalue weighted by Gasteiger charge is 2.26. The molecule has 0 aromatic heterocycles. The van der Waals surface area contributed by atoms with Gasteiger partial charge in [0.2, 0.25) is 0 Å². The van der Waals surface area contributed by atoms with Crippen LogP contribution in [0.4, 0.5) is 0 Å². The van der Waals surface area contributed by atoms with Crippen LogP contribution in [0.2, 0.25) is 0 Å². The Morgan fingerprint density at radius 3 is 1.89 bits per heavy atom. The normalized spacial score (nSPS) is 13.1. The first-order chi connectivity index (χ1) is 26.5. The molecule has 1 N–H and O–H groups in total. The Morgan fingerprint density at radius 2 is 1.29 bits per heavy atom. The summed E-state index contributed by atoms with van der Waals surface area (Å²) in [5, 5.41) is 15.4. The topological polar surface area (TPSA) is 57.2 Å². The summed E-state index contributed by atoms with van der Waals surface area (Å²) in [5.74, 6) is 2.66. The van der Waals surface area contributed by atoms with Crippen LogP contribution in [0.1, 0.15) is 49.4 Å². The Morgan fingerprint density at radius 1 is 0.727 bits per heavy atom. The number of hydrogen-bond acceptors (Lipinski definition) is 5. The summed E-state index contributed by atoms with van der Waals surface area (Å²) in [6.45, 7) is 24.1. The number of fused-ring (bicyclic) bond motifs is 2. The number of aliphatic hydroxyl groups excluding tert-OH is 1. The Labute approximate surface area is 327 Å². The van der Waals surface area contributed by atoms with Gasteiger partial charge in [0.15, 0.2) is 0 Å². The maximum absolute atomic E-state index is 10.7. The molecular formula is C50H56O5. The van der Waals surface area contributed by atoms with E-state index in [4.69, 9.17) is 18.9 Å². The molecule has 286 valence electrons. The molecule has 0 bridgehead atoms. The van der Waals surface area contributed by atoms with Crippen molar-refractivity contribution in [3.05, 3.63) is 175 Å². The number of ether oxygens (including phenoxy) is 4. The van der Waals surface area contributed by atoms with Gasteiger partial charge in [-0.15, -0.1) is 13.2 Å². The number of aliphatic hydroxyl groups is 1. The Kier molecular flexibility index (Phi) is 14.2. The standard InChI is InChI=1S/C50H56O5/c1-9-15-35(3)29-43(27-28-52-33-44(51)34-55-48-25-22-40-18-12-14-20-46(40)38(48)6)50(7,8)42-23-26-49(41(30-42)16-10-2)54-32-36(4)31-53-47-24-21-39-17-11-13-19-45(39)37(47)5/h9-14,17-30,36,44,51H,1-3,15-16,31-34H2,4-8H3/b28-27-,43-29+. The number of allylic oxidation sites excluding steroid dienone is 6. The predicted molar refractivity (Wildman–Crippen MR) is 230 cm³/mol. The molecule has 2 atom stereocenters. The van der Waals surface area contributed by atoms with E-state index in [-0.39, 0.29) is 19.1 Å². The van der Waals surface area contributed by atoms with Gasteiger partial charge >= 0.3 is 0 Å². The molecule has 0 saturated heterocycles. The van der Waals surface area contributed by atoms with Gasteiger partial charge in [0.25, 0.3) is 0 Å². The van der Waals surface area contributed by atoms with E-state index in [0.717, 1.165) is 61.4 Å². The lowest BCUT2D eigenvalue weighted by Gasteiger charge is -2.29. The average Bonchev–Trinajstić information content (AvgIpc) is 3.18. The third kappa shape index (κ3) is 10.6. The maximum Gasteiger partial charge on any atom is 0.122 e. The highest BCUT2D eigenvalue weighted by molar-refractivity contribution is 5.88. The van der Waals surface area contributed by atoms with Gasteiger partial charge in [-0.2, -0.15) is 0 Å². The molecule has 5 nitrogen and oxygen atoms in total. The number of benzene rings is 5. The first-order valence-corrected chi connectivity index (χ1v) is 19.1. The quantitative estimate of drug-likeness (QED) is 0.0490. The molecule has 0 aliphatic heterocycles. The summed E-state index contributed by atoms with van der Waals surface area (Å²) < 4.78 is 24.5. The molecule has 0 heterocycles. The molecule has 55 heavy (non-hydrogen) atoms. The molecule has 5 rings (SSSR count). The number of hydrogen-bond donors (Lipinski definition) is 1. The van der Waals surface area contributed by atoms with Gasteiger partial charge < -0.3 is 24.1 Å². The molecule has 5 aromatic rings. The minimum absolute atomic E-state index is 0.0886. The molecule has 0 saturated carbocycles. The molecular weight excluding hydrogens is 681 g/mol. The first-order valence-electron chi connectivity index (χ1n) is 19.1. The number of aryl methyl sites for hydroxylation is 2. The first kappa shape index (κ1) is 40.7. The second kappa shape index (κ2) is 19.2. The van der Waals surface area contributed by atoms with Crippen molar-refractivity contribution in [3.63, 3.8) is 0 Å². The van der Waals surface area contributed by atoms with E-state index in [1.54, 1.807) is 6.26 Å². The van der Waals surface area contributed by atoms with Gasteiger partial charge in [-0.25, -0.2) is 0 Å². The fourth-order valence-corrected chi connectivity index (χ4v) is 6.65. The van der Waals surface area contributed by atoms with Crippen LogP contribution in [-0.2, 0) is 16.6 Å². The molecule has 0 aliphatic carbocycles. The summed E-state index contributed by atoms with van der Waals surface area (Å²) >= 11 is 0. The van der Waals surface area contributed by atoms with Crippen LogP contribution in [0.5, 0.6) is 17.2 Å². The lowest BCUT2D eigenvalue weighted by Crippen LogP contribution is -2.23. The lowest BCUT2D eigenvalue weighted by molar-refractivity contribution is 0.0462. The van der Waals surface area contributed by atoms with Gasteiger partial charge in [-0.05, 0) is 100 Å². The van der Waals surface area contributed by atoms with Crippen molar-refractivity contribution in [1.29, 1.82) is 0 Å². The average molecular weight is 737 g/mol. The van der Waals surface area contributed by atoms with Crippen molar-refractivity contribution < 1.29 is 24.1 Å². The summed E-state index contributed by atoms with van der Waals surface area (Å²) in [6.07, 6.45) is 9.95. The van der Waals surface area contributed by atoms with Gasteiger partial charge in [-0.3, -0.25) is 0 Å². The molecule has 0 amide bonds. The molecule has 5 aromatic carbocycles. The van der Waals surface area contributed by atoms with Crippen LogP contribution in [0.15, 0.2) is 152 Å². The maximum atomic E-state index is 10.7. The third-order valence-electron chi connectivity index (χ3n) is 10.0. The molecule has 0 aliphatic rings. The summed E-state index contributed by atoms with van der Waals surface area (Å²) in [5.41, 5.74) is 5.89. The number of rotatable bonds is 20. The van der Waals surface area contributed by atoms with E-state index >= 15 is 0 Å². The van der Waals surface area contributed by atoms with E-state index in [2.05, 4.69) is 120 Å². The molecule has 0 radical (unpaired) electrons. The molecule has 5 heteroatoms. The van der Waals surface area contributed by atoms with E-state index in [0.29, 0.717) is 26.1 Å². The van der Waals surface area contributed by atoms with E-state index in [1.807, 2.05) is 49.4 Å². The zero-order valence-electron chi connectivity index (χ0n) is 33.1. The largest absolute Gasteiger partial charge is 0.498 e. The van der Waals surface area contributed by atoms with Crippen molar-refractivity contribution in [1.82, 2.24) is 0 Å². The SMILES string of the molecule is C=CCC(=C)/C=C(\C=C/OCC(O)COc1ccc2ccccc2c1C)C(C)(C)c1ccc(OCC(C)COc2ccc3ccccc3c2C)c(CC=C)c1. The Hall–Kier alpha value is -5.52. The van der Waals surface area contributed by atoms with Crippen LogP contribution >= 0.6 is 0 Å². The fourth-order valence-electron chi connectivity index (χ4n) is 6.65. The van der Waals surface area contributed by atoms with Gasteiger partial charge in [-0.1, -0.05) is 124 Å². The van der Waals surface area contributed by atoms with Crippen LogP contribution in [0, 0.1) is 19.8 Å². The van der Waals surface area contributed by atoms with Crippen molar-refractivity contribution in [2.24, 2.45) is 5.92 Å². The molecule has 2 unspecified atom stereocenters. The van der Waals surface area contributed by atoms with Crippen molar-refractivity contribution in [2.45, 2.75) is 59.0 Å². The summed E-state index contributed by atoms with van der Waals surface area (Å²) in [7, 11) is 0. The second-order valence-corrected chi connectivity index (χ2v) is 14.8. The zero-order valence-corrected chi connectivity index (χ0v) is 33.1. The zero-order chi connectivity index (χ0) is 39.4. The fraction of sp³-hybridized carbons (Fsp3) is 0.280. The Bertz CT molecular complexity index is 2170. The van der Waals surface area contributed by atoms with Crippen LogP contribution in [0.3, 0.4) is 0 Å². The minimum Gasteiger partial charge on any atom is -0.498 e. The molecule has 0 fully saturated rings. The van der Waals surface area contributed by atoms with E-state index < -0.39 is 11.5 Å². The smallest absolute Gasteiger partial charge is 0.122 e. The van der Waals surface area contributed by atoms with E-state index in [1.165, 1.54) is 10.8 Å². The van der Waals surface area contributed by atoms with Crippen LogP contribution in [-0.4, -0.2) is 37.6 Å². The monoisotopic (exact) mass is 736 g/mol. The van der Waals surface area contributed by atoms with Crippen LogP contribution < -0.4 is 14.2 Å². The molecule has 0 spiro atoms. The lowest BCUT2D eigenvalue weighted by atomic mass is 9.76. The van der Waals surface area contributed by atoms with Crippen molar-refractivity contribution in [3.8, 4) is 17.2 Å². The predicted octanol–water partition coefficient (Wildman–Crippen LogP) is 11.7. The third-order valence-corrected chi connectivity index (χ3v) is 10.0.